The molecule has 1 heterocycles. The van der Waals surface area contributed by atoms with Crippen LogP contribution >= 0.6 is 11.8 Å². The molecule has 0 aliphatic heterocycles. The maximum absolute atomic E-state index is 4.33. The third-order valence-corrected chi connectivity index (χ3v) is 2.33. The minimum absolute atomic E-state index is 1.07. The zero-order valence-corrected chi connectivity index (χ0v) is 8.48. The highest BCUT2D eigenvalue weighted by molar-refractivity contribution is 7.98. The lowest BCUT2D eigenvalue weighted by atomic mass is 10.2. The second-order valence-corrected chi connectivity index (χ2v) is 3.45. The SMILES string of the molecule is C/C=C/c1ncc(C)cc1SC. The molecule has 0 amide bonds. The van der Waals surface area contributed by atoms with Gasteiger partial charge in [0.25, 0.3) is 0 Å². The summed E-state index contributed by atoms with van der Waals surface area (Å²) < 4.78 is 0. The van der Waals surface area contributed by atoms with Gasteiger partial charge in [-0.15, -0.1) is 11.8 Å². The van der Waals surface area contributed by atoms with Gasteiger partial charge in [0.15, 0.2) is 0 Å². The molecule has 1 aromatic heterocycles. The molecule has 64 valence electrons. The number of aryl methyl sites for hydroxylation is 1. The van der Waals surface area contributed by atoms with Gasteiger partial charge in [-0.25, -0.2) is 0 Å². The molecule has 0 radical (unpaired) electrons. The van der Waals surface area contributed by atoms with Gasteiger partial charge in [-0.1, -0.05) is 6.08 Å². The Kier molecular flexibility index (Phi) is 3.35. The first-order valence-electron chi connectivity index (χ1n) is 3.91. The molecule has 0 aliphatic carbocycles. The van der Waals surface area contributed by atoms with Gasteiger partial charge in [-0.2, -0.15) is 0 Å². The van der Waals surface area contributed by atoms with Gasteiger partial charge in [-0.05, 0) is 37.8 Å². The van der Waals surface area contributed by atoms with Gasteiger partial charge in [0.2, 0.25) is 0 Å². The van der Waals surface area contributed by atoms with Crippen molar-refractivity contribution in [2.45, 2.75) is 18.7 Å². The zero-order chi connectivity index (χ0) is 8.97. The number of pyridine rings is 1. The van der Waals surface area contributed by atoms with E-state index in [4.69, 9.17) is 0 Å². The van der Waals surface area contributed by atoms with E-state index in [1.807, 2.05) is 25.3 Å². The fourth-order valence-corrected chi connectivity index (χ4v) is 1.63. The van der Waals surface area contributed by atoms with E-state index >= 15 is 0 Å². The Hall–Kier alpha value is -0.760. The van der Waals surface area contributed by atoms with Crippen LogP contribution in [-0.2, 0) is 0 Å². The summed E-state index contributed by atoms with van der Waals surface area (Å²) in [6, 6.07) is 2.16. The smallest absolute Gasteiger partial charge is 0.0762 e. The molecule has 12 heavy (non-hydrogen) atoms. The van der Waals surface area contributed by atoms with E-state index in [9.17, 15) is 0 Å². The maximum atomic E-state index is 4.33. The third kappa shape index (κ3) is 2.11. The van der Waals surface area contributed by atoms with Crippen molar-refractivity contribution >= 4 is 17.8 Å². The monoisotopic (exact) mass is 179 g/mol. The van der Waals surface area contributed by atoms with E-state index in [0.29, 0.717) is 0 Å². The maximum Gasteiger partial charge on any atom is 0.0762 e. The van der Waals surface area contributed by atoms with E-state index in [1.54, 1.807) is 11.8 Å². The number of hydrogen-bond acceptors (Lipinski definition) is 2. The molecule has 0 saturated heterocycles. The summed E-state index contributed by atoms with van der Waals surface area (Å²) >= 11 is 1.74. The van der Waals surface area contributed by atoms with Crippen LogP contribution in [0.3, 0.4) is 0 Å². The molecule has 2 heteroatoms. The van der Waals surface area contributed by atoms with Gasteiger partial charge in [0, 0.05) is 11.1 Å². The fourth-order valence-electron chi connectivity index (χ4n) is 1.000. The van der Waals surface area contributed by atoms with Crippen molar-refractivity contribution in [1.82, 2.24) is 4.98 Å². The van der Waals surface area contributed by atoms with Gasteiger partial charge in [0.1, 0.15) is 0 Å². The number of hydrogen-bond donors (Lipinski definition) is 0. The predicted octanol–water partition coefficient (Wildman–Crippen LogP) is 3.15. The minimum Gasteiger partial charge on any atom is -0.255 e. The summed E-state index contributed by atoms with van der Waals surface area (Å²) in [5.74, 6) is 0. The van der Waals surface area contributed by atoms with Crippen LogP contribution in [0.2, 0.25) is 0 Å². The van der Waals surface area contributed by atoms with Crippen molar-refractivity contribution < 1.29 is 0 Å². The highest BCUT2D eigenvalue weighted by Gasteiger charge is 1.98. The highest BCUT2D eigenvalue weighted by atomic mass is 32.2. The second kappa shape index (κ2) is 4.31. The van der Waals surface area contributed by atoms with Crippen LogP contribution in [0.25, 0.3) is 6.08 Å². The number of allylic oxidation sites excluding steroid dienone is 1. The van der Waals surface area contributed by atoms with Crippen molar-refractivity contribution in [2.24, 2.45) is 0 Å². The molecule has 0 unspecified atom stereocenters. The van der Waals surface area contributed by atoms with Crippen LogP contribution in [0.15, 0.2) is 23.2 Å². The molecule has 1 rings (SSSR count). The first-order valence-corrected chi connectivity index (χ1v) is 5.13. The van der Waals surface area contributed by atoms with Crippen LogP contribution in [0.5, 0.6) is 0 Å². The summed E-state index contributed by atoms with van der Waals surface area (Å²) in [6.45, 7) is 4.07. The van der Waals surface area contributed by atoms with E-state index in [2.05, 4.69) is 24.2 Å². The topological polar surface area (TPSA) is 12.9 Å². The minimum atomic E-state index is 1.07. The summed E-state index contributed by atoms with van der Waals surface area (Å²) in [5, 5.41) is 0. The zero-order valence-electron chi connectivity index (χ0n) is 7.66. The average molecular weight is 179 g/mol. The highest BCUT2D eigenvalue weighted by Crippen LogP contribution is 2.20. The summed E-state index contributed by atoms with van der Waals surface area (Å²) in [4.78, 5) is 5.57. The molecule has 0 aromatic carbocycles. The molecule has 0 aliphatic rings. The van der Waals surface area contributed by atoms with Crippen molar-refractivity contribution in [2.75, 3.05) is 6.26 Å². The van der Waals surface area contributed by atoms with Crippen molar-refractivity contribution in [3.63, 3.8) is 0 Å². The number of rotatable bonds is 2. The van der Waals surface area contributed by atoms with E-state index < -0.39 is 0 Å². The van der Waals surface area contributed by atoms with Gasteiger partial charge in [0.05, 0.1) is 5.69 Å². The Morgan fingerprint density at radius 2 is 2.25 bits per heavy atom. The summed E-state index contributed by atoms with van der Waals surface area (Å²) in [6.07, 6.45) is 8.02. The predicted molar refractivity (Wildman–Crippen MR) is 55.5 cm³/mol. The molecule has 0 N–H and O–H groups in total. The van der Waals surface area contributed by atoms with Crippen LogP contribution in [-0.4, -0.2) is 11.2 Å². The molecule has 1 nitrogen and oxygen atoms in total. The Labute approximate surface area is 77.9 Å². The molecule has 0 saturated carbocycles. The molecular weight excluding hydrogens is 166 g/mol. The molecule has 0 fully saturated rings. The lowest BCUT2D eigenvalue weighted by Crippen LogP contribution is -1.86. The molecule has 0 bridgehead atoms. The number of nitrogens with zero attached hydrogens (tertiary/aromatic N) is 1. The third-order valence-electron chi connectivity index (χ3n) is 1.56. The fraction of sp³-hybridized carbons (Fsp3) is 0.300. The Morgan fingerprint density at radius 3 is 2.83 bits per heavy atom. The lowest BCUT2D eigenvalue weighted by Gasteiger charge is -2.02. The molecular formula is C10H13NS. The van der Waals surface area contributed by atoms with Crippen LogP contribution in [0, 0.1) is 6.92 Å². The van der Waals surface area contributed by atoms with Gasteiger partial charge < -0.3 is 0 Å². The van der Waals surface area contributed by atoms with E-state index in [0.717, 1.165) is 5.69 Å². The average Bonchev–Trinajstić information content (AvgIpc) is 2.08. The van der Waals surface area contributed by atoms with Crippen LogP contribution in [0.1, 0.15) is 18.2 Å². The Balaban J connectivity index is 3.10. The number of thioether (sulfide) groups is 1. The van der Waals surface area contributed by atoms with E-state index in [1.165, 1.54) is 10.5 Å². The number of aromatic nitrogens is 1. The van der Waals surface area contributed by atoms with Crippen LogP contribution in [0.4, 0.5) is 0 Å². The Morgan fingerprint density at radius 1 is 1.50 bits per heavy atom. The first kappa shape index (κ1) is 9.33. The first-order chi connectivity index (χ1) is 5.77. The van der Waals surface area contributed by atoms with Crippen molar-refractivity contribution in [3.05, 3.63) is 29.6 Å². The largest absolute Gasteiger partial charge is 0.255 e. The summed E-state index contributed by atoms with van der Waals surface area (Å²) in [5.41, 5.74) is 2.28. The van der Waals surface area contributed by atoms with E-state index in [-0.39, 0.29) is 0 Å². The van der Waals surface area contributed by atoms with Gasteiger partial charge >= 0.3 is 0 Å². The molecule has 0 spiro atoms. The second-order valence-electron chi connectivity index (χ2n) is 2.60. The van der Waals surface area contributed by atoms with Crippen LogP contribution < -0.4 is 0 Å². The van der Waals surface area contributed by atoms with Crippen molar-refractivity contribution in [3.8, 4) is 0 Å². The standard InChI is InChI=1S/C10H13NS/c1-4-5-9-10(12-3)6-8(2)7-11-9/h4-7H,1-3H3/b5-4+. The normalized spacial score (nSPS) is 10.9. The van der Waals surface area contributed by atoms with Gasteiger partial charge in [-0.3, -0.25) is 4.98 Å². The lowest BCUT2D eigenvalue weighted by molar-refractivity contribution is 1.16. The Bertz CT molecular complexity index is 292. The molecule has 0 atom stereocenters. The quantitative estimate of drug-likeness (QED) is 0.647. The van der Waals surface area contributed by atoms with Crippen molar-refractivity contribution in [1.29, 1.82) is 0 Å². The molecule has 1 aromatic rings. The summed E-state index contributed by atoms with van der Waals surface area (Å²) in [7, 11) is 0.